The van der Waals surface area contributed by atoms with Gasteiger partial charge in [-0.25, -0.2) is 9.97 Å². The number of hydrogen-bond donors (Lipinski definition) is 0. The first kappa shape index (κ1) is 34.0. The first-order chi connectivity index (χ1) is 23.8. The lowest BCUT2D eigenvalue weighted by Gasteiger charge is -2.22. The second kappa shape index (κ2) is 16.0. The van der Waals surface area contributed by atoms with Gasteiger partial charge in [0.25, 0.3) is 5.91 Å². The SMILES string of the molecule is Cc1ccc(/C(=C\CN2CCCC2)c2cccc(/C=C/CN(CCC(C)C)C(=O)c3ccc(Cn4c(C)nc5cnccc54)cc3)n2)cc1. The lowest BCUT2D eigenvalue weighted by Crippen LogP contribution is -2.32. The normalized spacial score (nSPS) is 14.0. The molecule has 6 rings (SSSR count). The van der Waals surface area contributed by atoms with Crippen molar-refractivity contribution in [2.24, 2.45) is 5.92 Å². The van der Waals surface area contributed by atoms with E-state index in [1.54, 1.807) is 12.4 Å². The van der Waals surface area contributed by atoms with E-state index in [0.29, 0.717) is 31.1 Å². The summed E-state index contributed by atoms with van der Waals surface area (Å²) in [5, 5.41) is 0. The summed E-state index contributed by atoms with van der Waals surface area (Å²) in [6.45, 7) is 13.7. The molecular formula is C42H48N6O. The Morgan fingerprint density at radius 3 is 2.43 bits per heavy atom. The van der Waals surface area contributed by atoms with Gasteiger partial charge in [0.05, 0.1) is 23.1 Å². The number of benzene rings is 2. The number of carbonyl (C=O) groups excluding carboxylic acids is 1. The van der Waals surface area contributed by atoms with Crippen LogP contribution in [0.5, 0.6) is 0 Å². The van der Waals surface area contributed by atoms with Crippen LogP contribution in [0.3, 0.4) is 0 Å². The molecule has 0 unspecified atom stereocenters. The molecule has 252 valence electrons. The molecule has 5 aromatic rings. The molecule has 7 heteroatoms. The average Bonchev–Trinajstić information content (AvgIpc) is 3.75. The minimum atomic E-state index is 0.0420. The summed E-state index contributed by atoms with van der Waals surface area (Å²) in [5.74, 6) is 1.48. The van der Waals surface area contributed by atoms with E-state index in [9.17, 15) is 4.79 Å². The minimum Gasteiger partial charge on any atom is -0.335 e. The fourth-order valence-electron chi connectivity index (χ4n) is 6.39. The van der Waals surface area contributed by atoms with Gasteiger partial charge in [-0.1, -0.05) is 74.0 Å². The lowest BCUT2D eigenvalue weighted by atomic mass is 10.00. The molecule has 0 atom stereocenters. The van der Waals surface area contributed by atoms with E-state index in [-0.39, 0.29) is 5.91 Å². The quantitative estimate of drug-likeness (QED) is 0.128. The number of rotatable bonds is 13. The first-order valence-corrected chi connectivity index (χ1v) is 17.6. The zero-order valence-electron chi connectivity index (χ0n) is 29.3. The molecule has 1 saturated heterocycles. The maximum atomic E-state index is 13.8. The van der Waals surface area contributed by atoms with Gasteiger partial charge in [0.1, 0.15) is 11.3 Å². The van der Waals surface area contributed by atoms with Crippen LogP contribution in [0.2, 0.25) is 0 Å². The first-order valence-electron chi connectivity index (χ1n) is 17.6. The Bertz CT molecular complexity index is 1910. The molecule has 7 nitrogen and oxygen atoms in total. The Balaban J connectivity index is 1.16. The molecule has 0 saturated carbocycles. The third kappa shape index (κ3) is 8.78. The van der Waals surface area contributed by atoms with Crippen LogP contribution in [-0.2, 0) is 6.54 Å². The van der Waals surface area contributed by atoms with E-state index in [2.05, 4.69) is 101 Å². The van der Waals surface area contributed by atoms with E-state index in [4.69, 9.17) is 4.98 Å². The molecule has 0 aliphatic carbocycles. The highest BCUT2D eigenvalue weighted by atomic mass is 16.2. The van der Waals surface area contributed by atoms with Crippen molar-refractivity contribution in [2.45, 2.75) is 53.5 Å². The maximum absolute atomic E-state index is 13.8. The summed E-state index contributed by atoms with van der Waals surface area (Å²) in [5.41, 5.74) is 9.21. The molecule has 4 heterocycles. The largest absolute Gasteiger partial charge is 0.335 e. The highest BCUT2D eigenvalue weighted by molar-refractivity contribution is 5.94. The standard InChI is InChI=1S/C42H48N6O/c1-31(2)21-28-47(42(49)36-18-14-34(15-19-36)30-48-33(4)44-40-29-43-23-20-41(40)48)26-8-10-37-9-7-11-39(45-37)38(22-27-46-24-5-6-25-46)35-16-12-32(3)13-17-35/h7-20,22-23,29,31H,5-6,21,24-28,30H2,1-4H3/b10-8+,38-22+. The summed E-state index contributed by atoms with van der Waals surface area (Å²) in [7, 11) is 0. The van der Waals surface area contributed by atoms with E-state index in [1.807, 2.05) is 42.2 Å². The van der Waals surface area contributed by atoms with Crippen LogP contribution in [0.25, 0.3) is 22.7 Å². The number of fused-ring (bicyclic) bond motifs is 1. The van der Waals surface area contributed by atoms with Crippen molar-refractivity contribution in [3.05, 3.63) is 137 Å². The number of imidazole rings is 1. The van der Waals surface area contributed by atoms with Gasteiger partial charge in [0.2, 0.25) is 0 Å². The zero-order chi connectivity index (χ0) is 34.2. The van der Waals surface area contributed by atoms with Crippen LogP contribution in [0.1, 0.15) is 77.4 Å². The van der Waals surface area contributed by atoms with Gasteiger partial charge >= 0.3 is 0 Å². The van der Waals surface area contributed by atoms with Crippen molar-refractivity contribution in [1.82, 2.24) is 29.3 Å². The zero-order valence-corrected chi connectivity index (χ0v) is 29.3. The molecule has 1 fully saturated rings. The molecule has 0 spiro atoms. The van der Waals surface area contributed by atoms with E-state index in [0.717, 1.165) is 65.4 Å². The number of aromatic nitrogens is 4. The fraction of sp³-hybridized carbons (Fsp3) is 0.333. The van der Waals surface area contributed by atoms with E-state index in [1.165, 1.54) is 24.0 Å². The van der Waals surface area contributed by atoms with Crippen LogP contribution in [0, 0.1) is 19.8 Å². The molecule has 0 bridgehead atoms. The average molecular weight is 653 g/mol. The van der Waals surface area contributed by atoms with Crippen molar-refractivity contribution in [2.75, 3.05) is 32.7 Å². The van der Waals surface area contributed by atoms with Crippen molar-refractivity contribution >= 4 is 28.6 Å². The number of hydrogen-bond acceptors (Lipinski definition) is 5. The second-order valence-corrected chi connectivity index (χ2v) is 13.6. The number of aryl methyl sites for hydroxylation is 2. The minimum absolute atomic E-state index is 0.0420. The van der Waals surface area contributed by atoms with Gasteiger partial charge < -0.3 is 9.47 Å². The van der Waals surface area contributed by atoms with Crippen LogP contribution in [0.15, 0.2) is 97.3 Å². The van der Waals surface area contributed by atoms with Gasteiger partial charge in [-0.3, -0.25) is 14.7 Å². The maximum Gasteiger partial charge on any atom is 0.254 e. The fourth-order valence-corrected chi connectivity index (χ4v) is 6.39. The smallest absolute Gasteiger partial charge is 0.254 e. The van der Waals surface area contributed by atoms with Crippen molar-refractivity contribution in [3.63, 3.8) is 0 Å². The van der Waals surface area contributed by atoms with Crippen LogP contribution < -0.4 is 0 Å². The van der Waals surface area contributed by atoms with Gasteiger partial charge in [-0.15, -0.1) is 0 Å². The molecule has 1 aliphatic rings. The summed E-state index contributed by atoms with van der Waals surface area (Å²) in [6.07, 6.45) is 13.5. The molecule has 0 N–H and O–H groups in total. The Labute approximate surface area is 291 Å². The van der Waals surface area contributed by atoms with Crippen LogP contribution >= 0.6 is 0 Å². The molecule has 2 aromatic carbocycles. The Hall–Kier alpha value is -4.88. The molecular weight excluding hydrogens is 605 g/mol. The number of pyridine rings is 2. The topological polar surface area (TPSA) is 67.2 Å². The van der Waals surface area contributed by atoms with Crippen molar-refractivity contribution in [1.29, 1.82) is 0 Å². The van der Waals surface area contributed by atoms with E-state index < -0.39 is 0 Å². The Morgan fingerprint density at radius 1 is 0.918 bits per heavy atom. The number of carbonyl (C=O) groups is 1. The summed E-state index contributed by atoms with van der Waals surface area (Å²) in [4.78, 5) is 32.2. The Kier molecular flexibility index (Phi) is 11.1. The second-order valence-electron chi connectivity index (χ2n) is 13.6. The monoisotopic (exact) mass is 652 g/mol. The molecule has 49 heavy (non-hydrogen) atoms. The molecule has 1 amide bonds. The van der Waals surface area contributed by atoms with Gasteiger partial charge in [0, 0.05) is 43.5 Å². The summed E-state index contributed by atoms with van der Waals surface area (Å²) < 4.78 is 2.18. The van der Waals surface area contributed by atoms with Gasteiger partial charge in [-0.2, -0.15) is 0 Å². The highest BCUT2D eigenvalue weighted by Crippen LogP contribution is 2.24. The van der Waals surface area contributed by atoms with Crippen LogP contribution in [-0.4, -0.2) is 67.9 Å². The van der Waals surface area contributed by atoms with E-state index >= 15 is 0 Å². The third-order valence-corrected chi connectivity index (χ3v) is 9.32. The van der Waals surface area contributed by atoms with Crippen molar-refractivity contribution in [3.8, 4) is 0 Å². The van der Waals surface area contributed by atoms with Crippen LogP contribution in [0.4, 0.5) is 0 Å². The predicted octanol–water partition coefficient (Wildman–Crippen LogP) is 8.22. The van der Waals surface area contributed by atoms with Crippen molar-refractivity contribution < 1.29 is 4.79 Å². The predicted molar refractivity (Wildman–Crippen MR) is 200 cm³/mol. The Morgan fingerprint density at radius 2 is 1.67 bits per heavy atom. The summed E-state index contributed by atoms with van der Waals surface area (Å²) >= 11 is 0. The summed E-state index contributed by atoms with van der Waals surface area (Å²) in [6, 6.07) is 24.9. The molecule has 0 radical (unpaired) electrons. The number of amides is 1. The molecule has 3 aromatic heterocycles. The lowest BCUT2D eigenvalue weighted by molar-refractivity contribution is 0.0767. The molecule has 1 aliphatic heterocycles. The van der Waals surface area contributed by atoms with Gasteiger partial charge in [0.15, 0.2) is 0 Å². The third-order valence-electron chi connectivity index (χ3n) is 9.32. The highest BCUT2D eigenvalue weighted by Gasteiger charge is 2.16. The number of nitrogens with zero attached hydrogens (tertiary/aromatic N) is 6. The number of likely N-dealkylation sites (tertiary alicyclic amines) is 1. The van der Waals surface area contributed by atoms with Gasteiger partial charge in [-0.05, 0) is 99.7 Å².